The predicted molar refractivity (Wildman–Crippen MR) is 135 cm³/mol. The molecule has 0 atom stereocenters. The zero-order valence-corrected chi connectivity index (χ0v) is 21.1. The topological polar surface area (TPSA) is 84.3 Å². The summed E-state index contributed by atoms with van der Waals surface area (Å²) < 4.78 is 16.1. The quantitative estimate of drug-likeness (QED) is 0.171. The number of rotatable bonds is 11. The van der Waals surface area contributed by atoms with E-state index in [1.165, 1.54) is 12.7 Å². The van der Waals surface area contributed by atoms with Gasteiger partial charge in [-0.2, -0.15) is 0 Å². The molecule has 0 spiro atoms. The standard InChI is InChI=1S/C23H33N3O4.HI/c1-5-24-23(26-16-18-10-11-20(28-3)19(27)14-18)25-13-7-8-17-9-12-21(29-4)22(15-17)30-6-2;/h9-12,14-15,27H,5-8,13,16H2,1-4H3,(H2,24,25,26);1H. The van der Waals surface area contributed by atoms with Crippen molar-refractivity contribution in [2.45, 2.75) is 33.2 Å². The number of methoxy groups -OCH3 is 2. The van der Waals surface area contributed by atoms with Crippen molar-refractivity contribution < 1.29 is 19.3 Å². The van der Waals surface area contributed by atoms with Crippen molar-refractivity contribution in [1.29, 1.82) is 0 Å². The summed E-state index contributed by atoms with van der Waals surface area (Å²) in [5.74, 6) is 2.86. The maximum atomic E-state index is 9.91. The van der Waals surface area contributed by atoms with Gasteiger partial charge in [0.2, 0.25) is 0 Å². The zero-order valence-electron chi connectivity index (χ0n) is 18.7. The molecule has 2 aromatic carbocycles. The number of halogens is 1. The van der Waals surface area contributed by atoms with Crippen molar-refractivity contribution >= 4 is 29.9 Å². The average Bonchev–Trinajstić information content (AvgIpc) is 2.75. The average molecular weight is 543 g/mol. The van der Waals surface area contributed by atoms with E-state index < -0.39 is 0 Å². The van der Waals surface area contributed by atoms with Gasteiger partial charge in [0.15, 0.2) is 29.0 Å². The largest absolute Gasteiger partial charge is 0.504 e. The number of hydrogen-bond donors (Lipinski definition) is 3. The molecule has 172 valence electrons. The number of phenolic OH excluding ortho intramolecular Hbond substituents is 1. The molecule has 3 N–H and O–H groups in total. The van der Waals surface area contributed by atoms with Gasteiger partial charge in [-0.05, 0) is 62.1 Å². The van der Waals surface area contributed by atoms with Crippen molar-refractivity contribution in [2.24, 2.45) is 4.99 Å². The summed E-state index contributed by atoms with van der Waals surface area (Å²) in [6.45, 7) is 6.62. The maximum absolute atomic E-state index is 9.91. The minimum Gasteiger partial charge on any atom is -0.504 e. The Morgan fingerprint density at radius 1 is 0.935 bits per heavy atom. The molecule has 0 heterocycles. The number of benzene rings is 2. The lowest BCUT2D eigenvalue weighted by atomic mass is 10.1. The summed E-state index contributed by atoms with van der Waals surface area (Å²) in [5, 5.41) is 16.5. The van der Waals surface area contributed by atoms with Crippen LogP contribution in [0.25, 0.3) is 0 Å². The molecule has 0 aliphatic rings. The fourth-order valence-corrected chi connectivity index (χ4v) is 2.99. The lowest BCUT2D eigenvalue weighted by Crippen LogP contribution is -2.37. The van der Waals surface area contributed by atoms with Crippen LogP contribution < -0.4 is 24.8 Å². The van der Waals surface area contributed by atoms with Gasteiger partial charge in [-0.3, -0.25) is 0 Å². The number of aromatic hydroxyl groups is 1. The second-order valence-electron chi connectivity index (χ2n) is 6.65. The highest BCUT2D eigenvalue weighted by atomic mass is 127. The molecule has 0 aromatic heterocycles. The van der Waals surface area contributed by atoms with Gasteiger partial charge < -0.3 is 30.0 Å². The highest BCUT2D eigenvalue weighted by molar-refractivity contribution is 14.0. The normalized spacial score (nSPS) is 10.8. The van der Waals surface area contributed by atoms with Gasteiger partial charge in [-0.15, -0.1) is 24.0 Å². The SMILES string of the molecule is CCNC(=NCc1ccc(OC)c(O)c1)NCCCc1ccc(OC)c(OCC)c1.I. The molecule has 0 unspecified atom stereocenters. The number of guanidine groups is 1. The van der Waals surface area contributed by atoms with E-state index in [1.54, 1.807) is 19.2 Å². The van der Waals surface area contributed by atoms with Gasteiger partial charge in [-0.1, -0.05) is 12.1 Å². The van der Waals surface area contributed by atoms with E-state index in [9.17, 15) is 5.11 Å². The lowest BCUT2D eigenvalue weighted by molar-refractivity contribution is 0.310. The van der Waals surface area contributed by atoms with E-state index >= 15 is 0 Å². The third-order valence-corrected chi connectivity index (χ3v) is 4.47. The van der Waals surface area contributed by atoms with E-state index in [0.717, 1.165) is 49.0 Å². The van der Waals surface area contributed by atoms with Crippen LogP contribution in [0.5, 0.6) is 23.0 Å². The van der Waals surface area contributed by atoms with E-state index in [0.29, 0.717) is 18.9 Å². The molecule has 0 saturated heterocycles. The van der Waals surface area contributed by atoms with Crippen LogP contribution in [0.1, 0.15) is 31.4 Å². The third kappa shape index (κ3) is 8.72. The number of ether oxygens (including phenoxy) is 3. The van der Waals surface area contributed by atoms with E-state index in [1.807, 2.05) is 32.0 Å². The van der Waals surface area contributed by atoms with Gasteiger partial charge in [0.25, 0.3) is 0 Å². The second kappa shape index (κ2) is 14.6. The highest BCUT2D eigenvalue weighted by Crippen LogP contribution is 2.28. The molecule has 7 nitrogen and oxygen atoms in total. The molecule has 0 bridgehead atoms. The molecular formula is C23H34IN3O4. The molecule has 0 amide bonds. The monoisotopic (exact) mass is 543 g/mol. The first-order chi connectivity index (χ1) is 14.6. The van der Waals surface area contributed by atoms with Crippen LogP contribution in [-0.2, 0) is 13.0 Å². The summed E-state index contributed by atoms with van der Waals surface area (Å²) in [6.07, 6.45) is 1.87. The van der Waals surface area contributed by atoms with Crippen molar-refractivity contribution in [3.63, 3.8) is 0 Å². The Morgan fingerprint density at radius 3 is 2.29 bits per heavy atom. The van der Waals surface area contributed by atoms with Crippen LogP contribution in [0, 0.1) is 0 Å². The molecule has 31 heavy (non-hydrogen) atoms. The number of hydrogen-bond acceptors (Lipinski definition) is 5. The maximum Gasteiger partial charge on any atom is 0.191 e. The molecule has 8 heteroatoms. The van der Waals surface area contributed by atoms with Crippen molar-refractivity contribution in [3.05, 3.63) is 47.5 Å². The minimum absolute atomic E-state index is 0. The fourth-order valence-electron chi connectivity index (χ4n) is 2.99. The summed E-state index contributed by atoms with van der Waals surface area (Å²) >= 11 is 0. The Morgan fingerprint density at radius 2 is 1.65 bits per heavy atom. The minimum atomic E-state index is 0. The van der Waals surface area contributed by atoms with Crippen LogP contribution in [0.15, 0.2) is 41.4 Å². The Bertz CT molecular complexity index is 830. The van der Waals surface area contributed by atoms with Gasteiger partial charge in [-0.25, -0.2) is 4.99 Å². The van der Waals surface area contributed by atoms with Crippen LogP contribution in [-0.4, -0.2) is 45.0 Å². The van der Waals surface area contributed by atoms with Gasteiger partial charge in [0.1, 0.15) is 0 Å². The molecule has 2 aromatic rings. The molecular weight excluding hydrogens is 509 g/mol. The first-order valence-electron chi connectivity index (χ1n) is 10.3. The molecule has 0 saturated carbocycles. The fraction of sp³-hybridized carbons (Fsp3) is 0.435. The molecule has 2 rings (SSSR count). The zero-order chi connectivity index (χ0) is 21.8. The number of nitrogens with one attached hydrogen (secondary N) is 2. The summed E-state index contributed by atoms with van der Waals surface area (Å²) in [6, 6.07) is 11.4. The third-order valence-electron chi connectivity index (χ3n) is 4.47. The van der Waals surface area contributed by atoms with Crippen LogP contribution in [0.3, 0.4) is 0 Å². The Balaban J connectivity index is 0.00000480. The second-order valence-corrected chi connectivity index (χ2v) is 6.65. The van der Waals surface area contributed by atoms with Crippen molar-refractivity contribution in [2.75, 3.05) is 33.9 Å². The first kappa shape index (κ1) is 26.7. The summed E-state index contributed by atoms with van der Waals surface area (Å²) in [7, 11) is 3.18. The molecule has 0 fully saturated rings. The number of aliphatic imine (C=N–C) groups is 1. The molecule has 0 aliphatic heterocycles. The smallest absolute Gasteiger partial charge is 0.191 e. The van der Waals surface area contributed by atoms with Gasteiger partial charge in [0, 0.05) is 13.1 Å². The van der Waals surface area contributed by atoms with Crippen molar-refractivity contribution in [3.8, 4) is 23.0 Å². The van der Waals surface area contributed by atoms with Crippen LogP contribution in [0.2, 0.25) is 0 Å². The number of phenols is 1. The Hall–Kier alpha value is -2.36. The Labute approximate surface area is 202 Å². The number of nitrogens with zero attached hydrogens (tertiary/aromatic N) is 1. The lowest BCUT2D eigenvalue weighted by Gasteiger charge is -2.13. The van der Waals surface area contributed by atoms with Crippen molar-refractivity contribution in [1.82, 2.24) is 10.6 Å². The van der Waals surface area contributed by atoms with E-state index in [4.69, 9.17) is 14.2 Å². The number of aryl methyl sites for hydroxylation is 1. The molecule has 0 radical (unpaired) electrons. The summed E-state index contributed by atoms with van der Waals surface area (Å²) in [5.41, 5.74) is 2.11. The van der Waals surface area contributed by atoms with Gasteiger partial charge in [0.05, 0.1) is 27.4 Å². The molecule has 0 aliphatic carbocycles. The van der Waals surface area contributed by atoms with E-state index in [-0.39, 0.29) is 29.7 Å². The predicted octanol–water partition coefficient (Wildman–Crippen LogP) is 4.11. The first-order valence-corrected chi connectivity index (χ1v) is 10.3. The van der Waals surface area contributed by atoms with Crippen LogP contribution in [0.4, 0.5) is 0 Å². The van der Waals surface area contributed by atoms with E-state index in [2.05, 4.69) is 21.7 Å². The van der Waals surface area contributed by atoms with Crippen LogP contribution >= 0.6 is 24.0 Å². The summed E-state index contributed by atoms with van der Waals surface area (Å²) in [4.78, 5) is 4.59. The van der Waals surface area contributed by atoms with Gasteiger partial charge >= 0.3 is 0 Å². The highest BCUT2D eigenvalue weighted by Gasteiger charge is 2.06. The Kier molecular flexibility index (Phi) is 12.6.